The number of pyridine rings is 1. The Labute approximate surface area is 106 Å². The second-order valence-electron chi connectivity index (χ2n) is 2.17. The van der Waals surface area contributed by atoms with Crippen LogP contribution in [0.5, 0.6) is 0 Å². The summed E-state index contributed by atoms with van der Waals surface area (Å²) in [5.74, 6) is 0.108. The topological polar surface area (TPSA) is 53.8 Å². The van der Waals surface area contributed by atoms with Gasteiger partial charge in [0.15, 0.2) is 12.4 Å². The molecular weight excluding hydrogens is 380 g/mol. The predicted molar refractivity (Wildman–Crippen MR) is 54.0 cm³/mol. The van der Waals surface area contributed by atoms with Crippen molar-refractivity contribution in [2.75, 3.05) is 0 Å². The van der Waals surface area contributed by atoms with Gasteiger partial charge in [0.1, 0.15) is 12.9 Å². The van der Waals surface area contributed by atoms with Crippen LogP contribution in [0.1, 0.15) is 5.56 Å². The lowest BCUT2D eigenvalue weighted by Gasteiger charge is -1.92. The van der Waals surface area contributed by atoms with Gasteiger partial charge in [0.05, 0.1) is 5.56 Å². The largest absolute Gasteiger partial charge is 1.00 e. The van der Waals surface area contributed by atoms with Crippen LogP contribution in [0.3, 0.4) is 0 Å². The molecule has 12 heavy (non-hydrogen) atoms. The number of hydrogen-bond donors (Lipinski definition) is 2. The number of hydrogen-bond acceptors (Lipinski definition) is 1. The average molecular weight is 391 g/mol. The Morgan fingerprint density at radius 2 is 2.17 bits per heavy atom. The molecule has 0 fully saturated rings. The Hall–Kier alpha value is 0.0800. The SMILES string of the molecule is C[n+]1cccc(C(=N)N)c1.I.[I-]. The van der Waals surface area contributed by atoms with Gasteiger partial charge in [-0.3, -0.25) is 5.41 Å². The van der Waals surface area contributed by atoms with E-state index in [2.05, 4.69) is 0 Å². The third-order valence-corrected chi connectivity index (χ3v) is 1.25. The fourth-order valence-corrected chi connectivity index (χ4v) is 0.747. The number of amidine groups is 1. The second kappa shape index (κ2) is 6.58. The summed E-state index contributed by atoms with van der Waals surface area (Å²) in [7, 11) is 1.90. The molecule has 3 nitrogen and oxygen atoms in total. The summed E-state index contributed by atoms with van der Waals surface area (Å²) in [6.45, 7) is 0. The number of rotatable bonds is 1. The summed E-state index contributed by atoms with van der Waals surface area (Å²) in [6, 6.07) is 3.67. The van der Waals surface area contributed by atoms with Gasteiger partial charge in [0, 0.05) is 6.07 Å². The minimum absolute atomic E-state index is 0. The van der Waals surface area contributed by atoms with E-state index in [-0.39, 0.29) is 53.8 Å². The van der Waals surface area contributed by atoms with Crippen molar-refractivity contribution >= 4 is 29.8 Å². The van der Waals surface area contributed by atoms with E-state index < -0.39 is 0 Å². The minimum Gasteiger partial charge on any atom is -1.00 e. The lowest BCUT2D eigenvalue weighted by atomic mass is 10.3. The molecule has 0 radical (unpaired) electrons. The molecule has 1 rings (SSSR count). The van der Waals surface area contributed by atoms with Crippen molar-refractivity contribution in [1.82, 2.24) is 0 Å². The monoisotopic (exact) mass is 391 g/mol. The molecule has 0 aliphatic heterocycles. The van der Waals surface area contributed by atoms with Crippen LogP contribution in [0.25, 0.3) is 0 Å². The summed E-state index contributed by atoms with van der Waals surface area (Å²) in [5, 5.41) is 7.10. The summed E-state index contributed by atoms with van der Waals surface area (Å²) in [5.41, 5.74) is 6.01. The third-order valence-electron chi connectivity index (χ3n) is 1.25. The van der Waals surface area contributed by atoms with E-state index in [9.17, 15) is 0 Å². The van der Waals surface area contributed by atoms with Gasteiger partial charge in [-0.2, -0.15) is 0 Å². The van der Waals surface area contributed by atoms with E-state index in [1.807, 2.05) is 36.1 Å². The number of nitrogen functional groups attached to an aromatic ring is 1. The van der Waals surface area contributed by atoms with Crippen LogP contribution in [-0.2, 0) is 7.05 Å². The smallest absolute Gasteiger partial charge is 0.179 e. The van der Waals surface area contributed by atoms with E-state index in [0.717, 1.165) is 5.56 Å². The molecule has 3 N–H and O–H groups in total. The first-order valence-corrected chi connectivity index (χ1v) is 3.00. The highest BCUT2D eigenvalue weighted by molar-refractivity contribution is 14.0. The predicted octanol–water partition coefficient (Wildman–Crippen LogP) is -2.58. The molecule has 5 heteroatoms. The maximum atomic E-state index is 7.10. The van der Waals surface area contributed by atoms with Gasteiger partial charge in [-0.1, -0.05) is 0 Å². The van der Waals surface area contributed by atoms with Crippen molar-refractivity contribution in [3.63, 3.8) is 0 Å². The molecule has 0 atom stereocenters. The Morgan fingerprint density at radius 1 is 1.58 bits per heavy atom. The zero-order chi connectivity index (χ0) is 7.56. The van der Waals surface area contributed by atoms with Crippen LogP contribution in [0, 0.1) is 5.41 Å². The maximum absolute atomic E-state index is 7.10. The van der Waals surface area contributed by atoms with E-state index in [1.165, 1.54) is 0 Å². The molecule has 0 amide bonds. The van der Waals surface area contributed by atoms with Crippen LogP contribution in [-0.4, -0.2) is 5.84 Å². The van der Waals surface area contributed by atoms with Gasteiger partial charge in [0.2, 0.25) is 0 Å². The van der Waals surface area contributed by atoms with Crippen molar-refractivity contribution in [2.24, 2.45) is 12.8 Å². The normalized spacial score (nSPS) is 7.75. The molecule has 1 heterocycles. The highest BCUT2D eigenvalue weighted by Gasteiger charge is 1.98. The molecule has 0 aliphatic rings. The van der Waals surface area contributed by atoms with Gasteiger partial charge in [-0.15, -0.1) is 24.0 Å². The number of aryl methyl sites for hydroxylation is 1. The molecule has 0 unspecified atom stereocenters. The lowest BCUT2D eigenvalue weighted by Crippen LogP contribution is -3.00. The summed E-state index contributed by atoms with van der Waals surface area (Å²) in [6.07, 6.45) is 3.70. The van der Waals surface area contributed by atoms with Crippen LogP contribution in [0.4, 0.5) is 0 Å². The van der Waals surface area contributed by atoms with E-state index in [4.69, 9.17) is 11.1 Å². The fraction of sp³-hybridized carbons (Fsp3) is 0.143. The van der Waals surface area contributed by atoms with Crippen molar-refractivity contribution < 1.29 is 28.5 Å². The Kier molecular flexibility index (Phi) is 8.00. The zero-order valence-corrected chi connectivity index (χ0v) is 11.1. The summed E-state index contributed by atoms with van der Waals surface area (Å²) < 4.78 is 1.86. The van der Waals surface area contributed by atoms with Gasteiger partial charge >= 0.3 is 0 Å². The van der Waals surface area contributed by atoms with Crippen molar-refractivity contribution in [3.8, 4) is 0 Å². The first-order valence-electron chi connectivity index (χ1n) is 3.00. The second-order valence-corrected chi connectivity index (χ2v) is 2.17. The van der Waals surface area contributed by atoms with Crippen molar-refractivity contribution in [2.45, 2.75) is 0 Å². The highest BCUT2D eigenvalue weighted by Crippen LogP contribution is 1.89. The number of aromatic nitrogens is 1. The first-order chi connectivity index (χ1) is 4.70. The molecule has 0 bridgehead atoms. The molecule has 0 saturated carbocycles. The highest BCUT2D eigenvalue weighted by atomic mass is 127. The lowest BCUT2D eigenvalue weighted by molar-refractivity contribution is -0.671. The fourth-order valence-electron chi connectivity index (χ4n) is 0.747. The van der Waals surface area contributed by atoms with Crippen molar-refractivity contribution in [3.05, 3.63) is 30.1 Å². The van der Waals surface area contributed by atoms with Gasteiger partial charge in [-0.05, 0) is 6.07 Å². The molecule has 1 aromatic rings. The molecule has 0 aliphatic carbocycles. The van der Waals surface area contributed by atoms with E-state index in [1.54, 1.807) is 0 Å². The van der Waals surface area contributed by atoms with Crippen LogP contribution < -0.4 is 34.3 Å². The van der Waals surface area contributed by atoms with Gasteiger partial charge < -0.3 is 29.7 Å². The molecule has 68 valence electrons. The molecule has 0 saturated heterocycles. The molecule has 1 aromatic heterocycles. The van der Waals surface area contributed by atoms with Crippen LogP contribution >= 0.6 is 24.0 Å². The number of nitrogens with zero attached hydrogens (tertiary/aromatic N) is 1. The van der Waals surface area contributed by atoms with Gasteiger partial charge in [-0.25, -0.2) is 4.57 Å². The Morgan fingerprint density at radius 3 is 2.50 bits per heavy atom. The van der Waals surface area contributed by atoms with E-state index >= 15 is 0 Å². The van der Waals surface area contributed by atoms with Crippen LogP contribution in [0.15, 0.2) is 24.5 Å². The molecule has 0 aromatic carbocycles. The number of nitrogens with one attached hydrogen (secondary N) is 1. The summed E-state index contributed by atoms with van der Waals surface area (Å²) in [4.78, 5) is 0. The quantitative estimate of drug-likeness (QED) is 0.235. The van der Waals surface area contributed by atoms with E-state index in [0.29, 0.717) is 0 Å². The zero-order valence-electron chi connectivity index (χ0n) is 6.62. The Bertz CT molecular complexity index is 263. The summed E-state index contributed by atoms with van der Waals surface area (Å²) >= 11 is 0. The molecular formula is C7H11I2N3. The number of nitrogens with two attached hydrogens (primary N) is 1. The van der Waals surface area contributed by atoms with Gasteiger partial charge in [0.25, 0.3) is 0 Å². The third kappa shape index (κ3) is 4.19. The van der Waals surface area contributed by atoms with Crippen LogP contribution in [0.2, 0.25) is 0 Å². The number of halogens is 2. The standard InChI is InChI=1S/C7H10N3.2HI/c1-10-4-2-3-6(5-10)7(8)9;;/h2-5H,1H3,(H3,8,9);2*1H/q+1;;/p-1. The van der Waals surface area contributed by atoms with Crippen molar-refractivity contribution in [1.29, 1.82) is 5.41 Å². The Balaban J connectivity index is 0. The average Bonchev–Trinajstić information content (AvgIpc) is 1.88. The first kappa shape index (κ1) is 14.6. The maximum Gasteiger partial charge on any atom is 0.179 e. The molecule has 0 spiro atoms. The minimum atomic E-state index is 0.